The molecule has 0 aliphatic carbocycles. The van der Waals surface area contributed by atoms with E-state index in [1.54, 1.807) is 0 Å². The van der Waals surface area contributed by atoms with E-state index in [1.165, 1.54) is 25.9 Å². The van der Waals surface area contributed by atoms with Crippen molar-refractivity contribution < 1.29 is 14.6 Å². The quantitative estimate of drug-likeness (QED) is 0.770. The van der Waals surface area contributed by atoms with E-state index in [0.717, 1.165) is 18.9 Å². The molecule has 2 unspecified atom stereocenters. The lowest BCUT2D eigenvalue weighted by Gasteiger charge is -2.40. The van der Waals surface area contributed by atoms with E-state index in [1.807, 2.05) is 0 Å². The van der Waals surface area contributed by atoms with Crippen LogP contribution in [0.15, 0.2) is 0 Å². The number of nitrogens with zero attached hydrogens (tertiary/aromatic N) is 1. The van der Waals surface area contributed by atoms with Gasteiger partial charge in [-0.3, -0.25) is 0 Å². The zero-order chi connectivity index (χ0) is 11.5. The van der Waals surface area contributed by atoms with E-state index in [-0.39, 0.29) is 6.10 Å². The summed E-state index contributed by atoms with van der Waals surface area (Å²) in [6, 6.07) is 0. The lowest BCUT2D eigenvalue weighted by molar-refractivity contribution is -0.150. The van der Waals surface area contributed by atoms with Gasteiger partial charge in [-0.2, -0.15) is 0 Å². The van der Waals surface area contributed by atoms with E-state index in [2.05, 4.69) is 11.8 Å². The average molecular weight is 227 g/mol. The van der Waals surface area contributed by atoms with Crippen LogP contribution in [0, 0.1) is 5.92 Å². The lowest BCUT2D eigenvalue weighted by atomic mass is 9.94. The first kappa shape index (κ1) is 11.9. The predicted octanol–water partition coefficient (Wildman–Crippen LogP) is 1.35. The van der Waals surface area contributed by atoms with Crippen LogP contribution in [-0.4, -0.2) is 47.8 Å². The molecular formula is C12H21NO3. The van der Waals surface area contributed by atoms with Crippen molar-refractivity contribution >= 4 is 5.97 Å². The van der Waals surface area contributed by atoms with Crippen molar-refractivity contribution in [2.45, 2.75) is 44.8 Å². The van der Waals surface area contributed by atoms with Gasteiger partial charge in [0.15, 0.2) is 6.10 Å². The molecule has 92 valence electrons. The zero-order valence-corrected chi connectivity index (χ0v) is 9.89. The predicted molar refractivity (Wildman–Crippen MR) is 60.4 cm³/mol. The maximum absolute atomic E-state index is 10.7. The first-order valence-electron chi connectivity index (χ1n) is 6.29. The Kier molecular flexibility index (Phi) is 3.82. The van der Waals surface area contributed by atoms with E-state index in [9.17, 15) is 4.79 Å². The fraction of sp³-hybridized carbons (Fsp3) is 0.917. The Morgan fingerprint density at radius 1 is 1.44 bits per heavy atom. The lowest BCUT2D eigenvalue weighted by Crippen LogP contribution is -2.49. The second-order valence-electron chi connectivity index (χ2n) is 5.04. The summed E-state index contributed by atoms with van der Waals surface area (Å²) in [5.41, 5.74) is 0. The molecule has 0 spiro atoms. The molecule has 0 bridgehead atoms. The van der Waals surface area contributed by atoms with Crippen LogP contribution < -0.4 is 0 Å². The molecule has 2 saturated heterocycles. The van der Waals surface area contributed by atoms with Gasteiger partial charge in [0, 0.05) is 19.6 Å². The molecule has 2 aliphatic heterocycles. The molecule has 0 aromatic rings. The van der Waals surface area contributed by atoms with E-state index < -0.39 is 12.1 Å². The third kappa shape index (κ3) is 2.74. The monoisotopic (exact) mass is 227 g/mol. The van der Waals surface area contributed by atoms with Crippen molar-refractivity contribution in [3.05, 3.63) is 0 Å². The summed E-state index contributed by atoms with van der Waals surface area (Å²) in [5, 5.41) is 8.81. The molecule has 4 heteroatoms. The first-order chi connectivity index (χ1) is 7.69. The van der Waals surface area contributed by atoms with Crippen molar-refractivity contribution in [1.82, 2.24) is 4.90 Å². The Morgan fingerprint density at radius 3 is 2.75 bits per heavy atom. The molecule has 0 radical (unpaired) electrons. The topological polar surface area (TPSA) is 49.8 Å². The summed E-state index contributed by atoms with van der Waals surface area (Å²) in [4.78, 5) is 13.1. The number of hydrogen-bond donors (Lipinski definition) is 1. The second-order valence-corrected chi connectivity index (χ2v) is 5.04. The highest BCUT2D eigenvalue weighted by molar-refractivity contribution is 5.72. The summed E-state index contributed by atoms with van der Waals surface area (Å²) in [5.74, 6) is 0.0524. The standard InChI is InChI=1S/C12H21NO3/c1-2-3-9-6-13(7-9)8-10-4-5-11(16-10)12(14)15/h9-11H,2-8H2,1H3,(H,14,15). The fourth-order valence-electron chi connectivity index (χ4n) is 2.73. The normalized spacial score (nSPS) is 31.6. The van der Waals surface area contributed by atoms with Gasteiger partial charge in [-0.1, -0.05) is 13.3 Å². The molecule has 0 saturated carbocycles. The third-order valence-electron chi connectivity index (χ3n) is 3.57. The van der Waals surface area contributed by atoms with Crippen LogP contribution in [-0.2, 0) is 9.53 Å². The Hall–Kier alpha value is -0.610. The highest BCUT2D eigenvalue weighted by Gasteiger charge is 2.34. The molecule has 2 atom stereocenters. The number of likely N-dealkylation sites (tertiary alicyclic amines) is 1. The van der Waals surface area contributed by atoms with Gasteiger partial charge in [0.1, 0.15) is 0 Å². The summed E-state index contributed by atoms with van der Waals surface area (Å²) >= 11 is 0. The molecule has 2 heterocycles. The molecular weight excluding hydrogens is 206 g/mol. The number of rotatable bonds is 5. The van der Waals surface area contributed by atoms with Crippen molar-refractivity contribution in [3.63, 3.8) is 0 Å². The van der Waals surface area contributed by atoms with Crippen LogP contribution in [0.4, 0.5) is 0 Å². The summed E-state index contributed by atoms with van der Waals surface area (Å²) in [7, 11) is 0. The van der Waals surface area contributed by atoms with Crippen LogP contribution in [0.3, 0.4) is 0 Å². The second kappa shape index (κ2) is 5.15. The van der Waals surface area contributed by atoms with Crippen molar-refractivity contribution in [3.8, 4) is 0 Å². The highest BCUT2D eigenvalue weighted by atomic mass is 16.5. The summed E-state index contributed by atoms with van der Waals surface area (Å²) in [6.45, 7) is 5.49. The minimum absolute atomic E-state index is 0.142. The van der Waals surface area contributed by atoms with Crippen LogP contribution in [0.5, 0.6) is 0 Å². The number of carbonyl (C=O) groups is 1. The Morgan fingerprint density at radius 2 is 2.19 bits per heavy atom. The Balaban J connectivity index is 1.64. The van der Waals surface area contributed by atoms with E-state index in [0.29, 0.717) is 6.42 Å². The van der Waals surface area contributed by atoms with Crippen molar-refractivity contribution in [1.29, 1.82) is 0 Å². The fourth-order valence-corrected chi connectivity index (χ4v) is 2.73. The van der Waals surface area contributed by atoms with Crippen LogP contribution in [0.1, 0.15) is 32.6 Å². The van der Waals surface area contributed by atoms with E-state index in [4.69, 9.17) is 9.84 Å². The van der Waals surface area contributed by atoms with Crippen molar-refractivity contribution in [2.75, 3.05) is 19.6 Å². The number of ether oxygens (including phenoxy) is 1. The van der Waals surface area contributed by atoms with Gasteiger partial charge >= 0.3 is 5.97 Å². The molecule has 2 rings (SSSR count). The molecule has 0 amide bonds. The summed E-state index contributed by atoms with van der Waals surface area (Å²) in [6.07, 6.45) is 3.73. The maximum atomic E-state index is 10.7. The van der Waals surface area contributed by atoms with Crippen LogP contribution in [0.25, 0.3) is 0 Å². The van der Waals surface area contributed by atoms with Gasteiger partial charge in [-0.05, 0) is 25.2 Å². The minimum Gasteiger partial charge on any atom is -0.479 e. The summed E-state index contributed by atoms with van der Waals surface area (Å²) < 4.78 is 5.48. The SMILES string of the molecule is CCCC1CN(CC2CCC(C(=O)O)O2)C1. The number of carboxylic acid groups (broad SMARTS) is 1. The molecule has 2 aliphatic rings. The Bertz CT molecular complexity index is 251. The number of aliphatic carboxylic acids is 1. The van der Waals surface area contributed by atoms with Gasteiger partial charge in [-0.15, -0.1) is 0 Å². The third-order valence-corrected chi connectivity index (χ3v) is 3.57. The number of carboxylic acids is 1. The van der Waals surface area contributed by atoms with Gasteiger partial charge < -0.3 is 14.7 Å². The minimum atomic E-state index is -0.810. The maximum Gasteiger partial charge on any atom is 0.332 e. The zero-order valence-electron chi connectivity index (χ0n) is 9.89. The smallest absolute Gasteiger partial charge is 0.332 e. The molecule has 16 heavy (non-hydrogen) atoms. The molecule has 4 nitrogen and oxygen atoms in total. The van der Waals surface area contributed by atoms with Crippen molar-refractivity contribution in [2.24, 2.45) is 5.92 Å². The Labute approximate surface area is 96.6 Å². The number of hydrogen-bond acceptors (Lipinski definition) is 3. The van der Waals surface area contributed by atoms with Crippen LogP contribution in [0.2, 0.25) is 0 Å². The average Bonchev–Trinajstić information content (AvgIpc) is 2.63. The molecule has 0 aromatic carbocycles. The van der Waals surface area contributed by atoms with Gasteiger partial charge in [0.05, 0.1) is 6.10 Å². The largest absolute Gasteiger partial charge is 0.479 e. The molecule has 1 N–H and O–H groups in total. The van der Waals surface area contributed by atoms with Gasteiger partial charge in [-0.25, -0.2) is 4.79 Å². The van der Waals surface area contributed by atoms with E-state index >= 15 is 0 Å². The van der Waals surface area contributed by atoms with Crippen LogP contribution >= 0.6 is 0 Å². The van der Waals surface area contributed by atoms with Gasteiger partial charge in [0.2, 0.25) is 0 Å². The molecule has 2 fully saturated rings. The first-order valence-corrected chi connectivity index (χ1v) is 6.29. The molecule has 0 aromatic heterocycles. The van der Waals surface area contributed by atoms with Gasteiger partial charge in [0.25, 0.3) is 0 Å². The highest BCUT2D eigenvalue weighted by Crippen LogP contribution is 2.25.